The van der Waals surface area contributed by atoms with E-state index in [1.54, 1.807) is 6.07 Å². The van der Waals surface area contributed by atoms with Crippen LogP contribution in [-0.4, -0.2) is 38.1 Å². The van der Waals surface area contributed by atoms with Crippen LogP contribution in [0, 0.1) is 4.91 Å². The summed E-state index contributed by atoms with van der Waals surface area (Å²) in [6, 6.07) is 6.26. The number of likely N-dealkylation sites (N-methyl/N-ethyl adjacent to an activating group) is 1. The zero-order chi connectivity index (χ0) is 11.7. The van der Waals surface area contributed by atoms with E-state index in [1.807, 2.05) is 12.1 Å². The second-order valence-corrected chi connectivity index (χ2v) is 5.10. The van der Waals surface area contributed by atoms with Gasteiger partial charge in [-0.1, -0.05) is 0 Å². The lowest BCUT2D eigenvalue weighted by Crippen LogP contribution is -2.57. The quantitative estimate of drug-likeness (QED) is 0.800. The van der Waals surface area contributed by atoms with E-state index < -0.39 is 0 Å². The van der Waals surface area contributed by atoms with Crippen molar-refractivity contribution in [2.45, 2.75) is 6.04 Å². The summed E-state index contributed by atoms with van der Waals surface area (Å²) in [5, 5.41) is 2.93. The van der Waals surface area contributed by atoms with E-state index in [-0.39, 0.29) is 0 Å². The van der Waals surface area contributed by atoms with Crippen molar-refractivity contribution in [3.63, 3.8) is 0 Å². The van der Waals surface area contributed by atoms with Gasteiger partial charge in [0.15, 0.2) is 0 Å². The highest BCUT2D eigenvalue weighted by Crippen LogP contribution is 2.32. The molecule has 5 heteroatoms. The van der Waals surface area contributed by atoms with Crippen LogP contribution >= 0.6 is 15.9 Å². The lowest BCUT2D eigenvalue weighted by atomic mass is 10.1. The molecule has 0 atom stereocenters. The number of hydrogen-bond donors (Lipinski definition) is 0. The molecule has 1 heterocycles. The monoisotopic (exact) mass is 283 g/mol. The van der Waals surface area contributed by atoms with Gasteiger partial charge in [-0.25, -0.2) is 0 Å². The SMILES string of the molecule is CN(C)C1CN(c2ccc(N=O)c(Br)c2)C1. The molecule has 1 fully saturated rings. The van der Waals surface area contributed by atoms with Crippen molar-refractivity contribution in [1.29, 1.82) is 0 Å². The molecule has 1 saturated heterocycles. The number of nitroso groups, excluding NO2 is 1. The summed E-state index contributed by atoms with van der Waals surface area (Å²) in [5.41, 5.74) is 1.59. The van der Waals surface area contributed by atoms with Gasteiger partial charge in [0.25, 0.3) is 0 Å². The molecule has 0 unspecified atom stereocenters. The molecule has 4 nitrogen and oxygen atoms in total. The predicted molar refractivity (Wildman–Crippen MR) is 69.3 cm³/mol. The van der Waals surface area contributed by atoms with Gasteiger partial charge in [0, 0.05) is 29.3 Å². The Labute approximate surface area is 103 Å². The lowest BCUT2D eigenvalue weighted by molar-refractivity contribution is 0.247. The molecule has 1 aliphatic rings. The van der Waals surface area contributed by atoms with Gasteiger partial charge in [-0.2, -0.15) is 0 Å². The lowest BCUT2D eigenvalue weighted by Gasteiger charge is -2.44. The van der Waals surface area contributed by atoms with Crippen LogP contribution in [-0.2, 0) is 0 Å². The maximum Gasteiger partial charge on any atom is 0.122 e. The summed E-state index contributed by atoms with van der Waals surface area (Å²) in [6.45, 7) is 2.07. The molecule has 0 spiro atoms. The molecule has 0 aliphatic carbocycles. The molecule has 0 amide bonds. The summed E-state index contributed by atoms with van der Waals surface area (Å²) in [6.07, 6.45) is 0. The van der Waals surface area contributed by atoms with Crippen molar-refractivity contribution >= 4 is 27.3 Å². The fourth-order valence-corrected chi connectivity index (χ4v) is 2.20. The van der Waals surface area contributed by atoms with Gasteiger partial charge in [0.2, 0.25) is 0 Å². The average Bonchev–Trinajstić information content (AvgIpc) is 2.15. The standard InChI is InChI=1S/C11H14BrN3O/c1-14(2)9-6-15(7-9)8-3-4-11(13-16)10(12)5-8/h3-5,9H,6-7H2,1-2H3. The second-order valence-electron chi connectivity index (χ2n) is 4.25. The summed E-state index contributed by atoms with van der Waals surface area (Å²) < 4.78 is 0.758. The topological polar surface area (TPSA) is 35.9 Å². The van der Waals surface area contributed by atoms with Gasteiger partial charge in [0.1, 0.15) is 5.69 Å². The van der Waals surface area contributed by atoms with Crippen LogP contribution < -0.4 is 4.90 Å². The Morgan fingerprint density at radius 1 is 1.44 bits per heavy atom. The number of anilines is 1. The maximum atomic E-state index is 10.4. The van der Waals surface area contributed by atoms with E-state index in [2.05, 4.69) is 45.0 Å². The third-order valence-corrected chi connectivity index (χ3v) is 3.62. The molecule has 2 rings (SSSR count). The maximum absolute atomic E-state index is 10.4. The molecule has 16 heavy (non-hydrogen) atoms. The highest BCUT2D eigenvalue weighted by molar-refractivity contribution is 9.10. The van der Waals surface area contributed by atoms with Crippen molar-refractivity contribution in [3.8, 4) is 0 Å². The van der Waals surface area contributed by atoms with E-state index in [9.17, 15) is 4.91 Å². The predicted octanol–water partition coefficient (Wildman–Crippen LogP) is 2.60. The molecule has 0 bridgehead atoms. The van der Waals surface area contributed by atoms with Gasteiger partial charge in [0.05, 0.1) is 0 Å². The molecule has 0 N–H and O–H groups in total. The van der Waals surface area contributed by atoms with Crippen LogP contribution in [0.25, 0.3) is 0 Å². The second kappa shape index (κ2) is 4.51. The van der Waals surface area contributed by atoms with Crippen molar-refractivity contribution in [3.05, 3.63) is 27.6 Å². The van der Waals surface area contributed by atoms with Gasteiger partial charge in [-0.05, 0) is 53.4 Å². The summed E-state index contributed by atoms with van der Waals surface area (Å²) in [5.74, 6) is 0. The minimum absolute atomic E-state index is 0.452. The van der Waals surface area contributed by atoms with Crippen molar-refractivity contribution < 1.29 is 0 Å². The third kappa shape index (κ3) is 2.10. The fourth-order valence-electron chi connectivity index (χ4n) is 1.76. The van der Waals surface area contributed by atoms with Gasteiger partial charge >= 0.3 is 0 Å². The van der Waals surface area contributed by atoms with Crippen LogP contribution in [0.5, 0.6) is 0 Å². The highest BCUT2D eigenvalue weighted by atomic mass is 79.9. The molecule has 86 valence electrons. The number of hydrogen-bond acceptors (Lipinski definition) is 4. The van der Waals surface area contributed by atoms with E-state index in [0.717, 1.165) is 23.2 Å². The number of halogens is 1. The van der Waals surface area contributed by atoms with Crippen LogP contribution in [0.15, 0.2) is 27.8 Å². The summed E-state index contributed by atoms with van der Waals surface area (Å²) in [7, 11) is 4.19. The number of benzene rings is 1. The first-order valence-electron chi connectivity index (χ1n) is 5.16. The van der Waals surface area contributed by atoms with Crippen LogP contribution in [0.4, 0.5) is 11.4 Å². The fraction of sp³-hybridized carbons (Fsp3) is 0.455. The molecular formula is C11H14BrN3O. The van der Waals surface area contributed by atoms with Crippen LogP contribution in [0.1, 0.15) is 0 Å². The minimum Gasteiger partial charge on any atom is -0.368 e. The third-order valence-electron chi connectivity index (χ3n) is 2.99. The Hall–Kier alpha value is -0.940. The molecular weight excluding hydrogens is 270 g/mol. The Morgan fingerprint density at radius 2 is 2.12 bits per heavy atom. The Bertz CT molecular complexity index is 402. The van der Waals surface area contributed by atoms with E-state index in [0.29, 0.717) is 11.7 Å². The average molecular weight is 284 g/mol. The molecule has 0 saturated carbocycles. The van der Waals surface area contributed by atoms with Crippen LogP contribution in [0.3, 0.4) is 0 Å². The Morgan fingerprint density at radius 3 is 2.62 bits per heavy atom. The molecule has 1 aliphatic heterocycles. The first kappa shape index (κ1) is 11.5. The highest BCUT2D eigenvalue weighted by Gasteiger charge is 2.28. The van der Waals surface area contributed by atoms with Crippen molar-refractivity contribution in [2.75, 3.05) is 32.1 Å². The summed E-state index contributed by atoms with van der Waals surface area (Å²) >= 11 is 3.34. The molecule has 0 radical (unpaired) electrons. The van der Waals surface area contributed by atoms with Crippen molar-refractivity contribution in [2.24, 2.45) is 5.18 Å². The van der Waals surface area contributed by atoms with E-state index >= 15 is 0 Å². The molecule has 1 aromatic carbocycles. The van der Waals surface area contributed by atoms with E-state index in [1.165, 1.54) is 0 Å². The Balaban J connectivity index is 2.07. The Kier molecular flexibility index (Phi) is 3.25. The zero-order valence-corrected chi connectivity index (χ0v) is 10.9. The normalized spacial score (nSPS) is 16.4. The van der Waals surface area contributed by atoms with Gasteiger partial charge < -0.3 is 9.80 Å². The molecule has 1 aromatic rings. The van der Waals surface area contributed by atoms with E-state index in [4.69, 9.17) is 0 Å². The largest absolute Gasteiger partial charge is 0.368 e. The number of nitrogens with zero attached hydrogens (tertiary/aromatic N) is 3. The van der Waals surface area contributed by atoms with Gasteiger partial charge in [-0.3, -0.25) is 0 Å². The smallest absolute Gasteiger partial charge is 0.122 e. The first-order valence-corrected chi connectivity index (χ1v) is 5.95. The van der Waals surface area contributed by atoms with Crippen molar-refractivity contribution in [1.82, 2.24) is 4.90 Å². The molecule has 0 aromatic heterocycles. The zero-order valence-electron chi connectivity index (χ0n) is 9.35. The number of rotatable bonds is 3. The summed E-state index contributed by atoms with van der Waals surface area (Å²) in [4.78, 5) is 14.9. The van der Waals surface area contributed by atoms with Crippen LogP contribution in [0.2, 0.25) is 0 Å². The minimum atomic E-state index is 0.452. The first-order chi connectivity index (χ1) is 7.61. The van der Waals surface area contributed by atoms with Gasteiger partial charge in [-0.15, -0.1) is 4.91 Å².